The van der Waals surface area contributed by atoms with E-state index in [2.05, 4.69) is 0 Å². The van der Waals surface area contributed by atoms with Crippen LogP contribution in [0.1, 0.15) is 6.92 Å². The summed E-state index contributed by atoms with van der Waals surface area (Å²) >= 11 is 1.63. The van der Waals surface area contributed by atoms with Gasteiger partial charge in [0.15, 0.2) is 6.10 Å². The molecule has 0 fully saturated rings. The molecule has 1 N–H and O–H groups in total. The van der Waals surface area contributed by atoms with Gasteiger partial charge in [-0.25, -0.2) is 4.79 Å². The number of thioether (sulfide) groups is 1. The van der Waals surface area contributed by atoms with Crippen LogP contribution in [0.3, 0.4) is 0 Å². The number of carboxylic acid groups (broad SMARTS) is 1. The maximum atomic E-state index is 10.5. The molecule has 1 rings (SSSR count). The Morgan fingerprint density at radius 1 is 1.43 bits per heavy atom. The Morgan fingerprint density at radius 2 is 2.00 bits per heavy atom. The van der Waals surface area contributed by atoms with Gasteiger partial charge in [-0.05, 0) is 37.4 Å². The summed E-state index contributed by atoms with van der Waals surface area (Å²) in [5.74, 6) is -0.378. The van der Waals surface area contributed by atoms with Gasteiger partial charge >= 0.3 is 5.97 Å². The molecule has 14 heavy (non-hydrogen) atoms. The van der Waals surface area contributed by atoms with Crippen LogP contribution in [-0.4, -0.2) is 23.4 Å². The quantitative estimate of drug-likeness (QED) is 0.778. The monoisotopic (exact) mass is 212 g/mol. The van der Waals surface area contributed by atoms with E-state index in [0.717, 1.165) is 4.90 Å². The minimum absolute atomic E-state index is 0.581. The Morgan fingerprint density at radius 3 is 2.43 bits per heavy atom. The lowest BCUT2D eigenvalue weighted by molar-refractivity contribution is -0.144. The van der Waals surface area contributed by atoms with Crippen molar-refractivity contribution < 1.29 is 14.6 Å². The Balaban J connectivity index is 2.64. The van der Waals surface area contributed by atoms with Crippen LogP contribution >= 0.6 is 11.8 Å². The summed E-state index contributed by atoms with van der Waals surface area (Å²) in [5, 5.41) is 8.61. The Kier molecular flexibility index (Phi) is 3.83. The third-order valence-electron chi connectivity index (χ3n) is 1.72. The molecule has 0 amide bonds. The van der Waals surface area contributed by atoms with Crippen LogP contribution in [0.25, 0.3) is 0 Å². The van der Waals surface area contributed by atoms with E-state index in [1.54, 1.807) is 23.9 Å². The first-order valence-electron chi connectivity index (χ1n) is 4.17. The fraction of sp³-hybridized carbons (Fsp3) is 0.300. The molecule has 3 nitrogen and oxygen atoms in total. The smallest absolute Gasteiger partial charge is 0.344 e. The fourth-order valence-electron chi connectivity index (χ4n) is 0.909. The predicted octanol–water partition coefficient (Wildman–Crippen LogP) is 2.26. The minimum Gasteiger partial charge on any atom is -0.479 e. The number of ether oxygens (including phenoxy) is 1. The lowest BCUT2D eigenvalue weighted by atomic mass is 10.3. The van der Waals surface area contributed by atoms with Gasteiger partial charge in [0.25, 0.3) is 0 Å². The summed E-state index contributed by atoms with van der Waals surface area (Å²) < 4.78 is 5.17. The first-order valence-corrected chi connectivity index (χ1v) is 5.39. The average Bonchev–Trinajstić information content (AvgIpc) is 2.19. The maximum absolute atomic E-state index is 10.5. The van der Waals surface area contributed by atoms with Crippen molar-refractivity contribution in [2.75, 3.05) is 6.26 Å². The largest absolute Gasteiger partial charge is 0.479 e. The second kappa shape index (κ2) is 4.91. The van der Waals surface area contributed by atoms with Gasteiger partial charge in [-0.15, -0.1) is 11.8 Å². The summed E-state index contributed by atoms with van der Waals surface area (Å²) in [6.45, 7) is 1.50. The zero-order valence-electron chi connectivity index (χ0n) is 8.06. The van der Waals surface area contributed by atoms with Crippen LogP contribution in [-0.2, 0) is 4.79 Å². The average molecular weight is 212 g/mol. The van der Waals surface area contributed by atoms with Crippen LogP contribution in [0.2, 0.25) is 0 Å². The number of hydrogen-bond acceptors (Lipinski definition) is 3. The minimum atomic E-state index is -0.959. The summed E-state index contributed by atoms with van der Waals surface area (Å²) in [4.78, 5) is 11.6. The van der Waals surface area contributed by atoms with Gasteiger partial charge in [-0.1, -0.05) is 0 Å². The lowest BCUT2D eigenvalue weighted by Gasteiger charge is -2.10. The molecule has 0 aromatic heterocycles. The van der Waals surface area contributed by atoms with Crippen LogP contribution < -0.4 is 4.74 Å². The second-order valence-electron chi connectivity index (χ2n) is 2.77. The third kappa shape index (κ3) is 2.96. The molecule has 0 unspecified atom stereocenters. The highest BCUT2D eigenvalue weighted by Gasteiger charge is 2.11. The van der Waals surface area contributed by atoms with Gasteiger partial charge in [0.1, 0.15) is 5.75 Å². The van der Waals surface area contributed by atoms with Gasteiger partial charge in [-0.2, -0.15) is 0 Å². The fourth-order valence-corrected chi connectivity index (χ4v) is 1.32. The molecule has 1 aromatic rings. The van der Waals surface area contributed by atoms with Crippen molar-refractivity contribution in [2.45, 2.75) is 17.9 Å². The van der Waals surface area contributed by atoms with E-state index in [9.17, 15) is 4.79 Å². The number of aliphatic carboxylic acids is 1. The molecular weight excluding hydrogens is 200 g/mol. The van der Waals surface area contributed by atoms with Gasteiger partial charge < -0.3 is 9.84 Å². The normalized spacial score (nSPS) is 12.1. The molecule has 0 aliphatic carbocycles. The van der Waals surface area contributed by atoms with E-state index >= 15 is 0 Å². The molecule has 1 aromatic carbocycles. The summed E-state index contributed by atoms with van der Waals surface area (Å²) in [7, 11) is 0. The predicted molar refractivity (Wildman–Crippen MR) is 55.9 cm³/mol. The van der Waals surface area contributed by atoms with E-state index in [4.69, 9.17) is 9.84 Å². The number of benzene rings is 1. The molecule has 0 spiro atoms. The first kappa shape index (κ1) is 10.9. The highest BCUT2D eigenvalue weighted by atomic mass is 32.2. The highest BCUT2D eigenvalue weighted by Crippen LogP contribution is 2.19. The van der Waals surface area contributed by atoms with Crippen LogP contribution in [0.4, 0.5) is 0 Å². The second-order valence-corrected chi connectivity index (χ2v) is 3.65. The van der Waals surface area contributed by atoms with Crippen molar-refractivity contribution in [1.29, 1.82) is 0 Å². The van der Waals surface area contributed by atoms with Gasteiger partial charge in [0.2, 0.25) is 0 Å². The first-order chi connectivity index (χ1) is 6.63. The van der Waals surface area contributed by atoms with Gasteiger partial charge in [-0.3, -0.25) is 0 Å². The van der Waals surface area contributed by atoms with E-state index < -0.39 is 12.1 Å². The topological polar surface area (TPSA) is 46.5 Å². The van der Waals surface area contributed by atoms with Crippen molar-refractivity contribution >= 4 is 17.7 Å². The van der Waals surface area contributed by atoms with Crippen LogP contribution in [0, 0.1) is 0 Å². The van der Waals surface area contributed by atoms with E-state index in [0.29, 0.717) is 5.75 Å². The Bertz CT molecular complexity index is 308. The van der Waals surface area contributed by atoms with E-state index in [1.165, 1.54) is 6.92 Å². The molecule has 0 radical (unpaired) electrons. The van der Waals surface area contributed by atoms with Crippen molar-refractivity contribution in [3.8, 4) is 5.75 Å². The highest BCUT2D eigenvalue weighted by molar-refractivity contribution is 7.98. The molecule has 0 aliphatic heterocycles. The molecule has 0 saturated carbocycles. The number of hydrogen-bond donors (Lipinski definition) is 1. The third-order valence-corrected chi connectivity index (χ3v) is 2.46. The molecule has 0 bridgehead atoms. The Hall–Kier alpha value is -1.16. The van der Waals surface area contributed by atoms with Gasteiger partial charge in [0, 0.05) is 4.90 Å². The number of carboxylic acids is 1. The zero-order chi connectivity index (χ0) is 10.6. The van der Waals surface area contributed by atoms with Crippen LogP contribution in [0.5, 0.6) is 5.75 Å². The molecule has 0 heterocycles. The Labute approximate surface area is 87.1 Å². The molecule has 76 valence electrons. The molecule has 4 heteroatoms. The van der Waals surface area contributed by atoms with Crippen molar-refractivity contribution in [2.24, 2.45) is 0 Å². The lowest BCUT2D eigenvalue weighted by Crippen LogP contribution is -2.22. The maximum Gasteiger partial charge on any atom is 0.344 e. The molecular formula is C10H12O3S. The van der Waals surface area contributed by atoms with Gasteiger partial charge in [0.05, 0.1) is 0 Å². The summed E-state index contributed by atoms with van der Waals surface area (Å²) in [6.07, 6.45) is 1.17. The summed E-state index contributed by atoms with van der Waals surface area (Å²) in [5.41, 5.74) is 0. The molecule has 0 saturated heterocycles. The SMILES string of the molecule is CSc1ccc(O[C@H](C)C(=O)O)cc1. The zero-order valence-corrected chi connectivity index (χ0v) is 8.88. The summed E-state index contributed by atoms with van der Waals surface area (Å²) in [6, 6.07) is 7.33. The number of rotatable bonds is 4. The van der Waals surface area contributed by atoms with E-state index in [1.807, 2.05) is 18.4 Å². The van der Waals surface area contributed by atoms with Crippen molar-refractivity contribution in [3.05, 3.63) is 24.3 Å². The molecule has 1 atom stereocenters. The van der Waals surface area contributed by atoms with E-state index in [-0.39, 0.29) is 0 Å². The number of carbonyl (C=O) groups is 1. The molecule has 0 aliphatic rings. The standard InChI is InChI=1S/C10H12O3S/c1-7(10(11)12)13-8-3-5-9(14-2)6-4-8/h3-7H,1-2H3,(H,11,12)/t7-/m1/s1. The van der Waals surface area contributed by atoms with Crippen molar-refractivity contribution in [3.63, 3.8) is 0 Å². The van der Waals surface area contributed by atoms with Crippen LogP contribution in [0.15, 0.2) is 29.2 Å². The van der Waals surface area contributed by atoms with Crippen molar-refractivity contribution in [1.82, 2.24) is 0 Å².